The number of amides is 1. The number of halogens is 3. The van der Waals surface area contributed by atoms with Crippen molar-refractivity contribution in [2.75, 3.05) is 12.0 Å². The maximum absolute atomic E-state index is 13.1. The van der Waals surface area contributed by atoms with Crippen molar-refractivity contribution < 1.29 is 37.0 Å². The Morgan fingerprint density at radius 2 is 1.71 bits per heavy atom. The zero-order valence-corrected chi connectivity index (χ0v) is 17.7. The van der Waals surface area contributed by atoms with Crippen molar-refractivity contribution in [3.8, 4) is 16.9 Å². The minimum Gasteiger partial charge on any atom is -0.484 e. The summed E-state index contributed by atoms with van der Waals surface area (Å²) >= 11 is 0. The molecule has 1 atom stereocenters. The third kappa shape index (κ3) is 3.32. The number of rotatable bonds is 3. The summed E-state index contributed by atoms with van der Waals surface area (Å²) in [7, 11) is 1.23. The summed E-state index contributed by atoms with van der Waals surface area (Å²) in [5.41, 5.74) is 1.21. The standard InChI is InChI=1S/C25H16F3NO5/c1-33-20(30)12-19-21-16(15-4-2-3-5-18(15)34-19)10-11-17-22(21)23(31)24(32)29(17)14-8-6-13(7-9-14)25(26,27)28/h2-11,19H,12H2,1H3. The van der Waals surface area contributed by atoms with Crippen LogP contribution in [0.5, 0.6) is 5.75 Å². The number of para-hydroxylation sites is 1. The summed E-state index contributed by atoms with van der Waals surface area (Å²) < 4.78 is 49.7. The highest BCUT2D eigenvalue weighted by Gasteiger charge is 2.43. The third-order valence-electron chi connectivity index (χ3n) is 5.89. The molecule has 0 saturated carbocycles. The predicted molar refractivity (Wildman–Crippen MR) is 115 cm³/mol. The quantitative estimate of drug-likeness (QED) is 0.390. The first-order chi connectivity index (χ1) is 16.2. The van der Waals surface area contributed by atoms with E-state index in [2.05, 4.69) is 0 Å². The van der Waals surface area contributed by atoms with E-state index in [4.69, 9.17) is 9.47 Å². The Bertz CT molecular complexity index is 1350. The van der Waals surface area contributed by atoms with Crippen molar-refractivity contribution in [1.82, 2.24) is 0 Å². The van der Waals surface area contributed by atoms with Crippen LogP contribution in [-0.4, -0.2) is 24.8 Å². The Labute approximate surface area is 191 Å². The fourth-order valence-corrected chi connectivity index (χ4v) is 4.36. The number of carbonyl (C=O) groups is 3. The normalized spacial score (nSPS) is 16.5. The average Bonchev–Trinajstić information content (AvgIpc) is 3.08. The molecule has 0 bridgehead atoms. The molecule has 34 heavy (non-hydrogen) atoms. The number of methoxy groups -OCH3 is 1. The molecule has 2 heterocycles. The Hall–Kier alpha value is -4.14. The lowest BCUT2D eigenvalue weighted by Crippen LogP contribution is -2.25. The lowest BCUT2D eigenvalue weighted by Gasteiger charge is -2.30. The molecule has 1 unspecified atom stereocenters. The minimum atomic E-state index is -4.54. The molecular formula is C25H16F3NO5. The highest BCUT2D eigenvalue weighted by atomic mass is 19.4. The van der Waals surface area contributed by atoms with Gasteiger partial charge in [-0.05, 0) is 42.0 Å². The molecule has 3 aromatic rings. The van der Waals surface area contributed by atoms with Crippen molar-refractivity contribution in [2.45, 2.75) is 18.7 Å². The van der Waals surface area contributed by atoms with E-state index < -0.39 is 35.5 Å². The second-order valence-electron chi connectivity index (χ2n) is 7.82. The van der Waals surface area contributed by atoms with Crippen molar-refractivity contribution in [1.29, 1.82) is 0 Å². The fraction of sp³-hybridized carbons (Fsp3) is 0.160. The Balaban J connectivity index is 1.67. The highest BCUT2D eigenvalue weighted by molar-refractivity contribution is 6.54. The van der Waals surface area contributed by atoms with Gasteiger partial charge in [-0.2, -0.15) is 13.2 Å². The van der Waals surface area contributed by atoms with Crippen LogP contribution in [0.3, 0.4) is 0 Å². The Kier molecular flexibility index (Phi) is 4.93. The number of hydrogen-bond acceptors (Lipinski definition) is 5. The van der Waals surface area contributed by atoms with Gasteiger partial charge >= 0.3 is 18.1 Å². The molecule has 172 valence electrons. The van der Waals surface area contributed by atoms with E-state index >= 15 is 0 Å². The first kappa shape index (κ1) is 21.7. The summed E-state index contributed by atoms with van der Waals surface area (Å²) in [6, 6.07) is 14.4. The SMILES string of the molecule is COC(=O)CC1Oc2ccccc2-c2ccc3c(c21)C(=O)C(=O)N3c1ccc(C(F)(F)F)cc1. The van der Waals surface area contributed by atoms with E-state index in [-0.39, 0.29) is 23.4 Å². The van der Waals surface area contributed by atoms with Gasteiger partial charge in [-0.1, -0.05) is 24.3 Å². The van der Waals surface area contributed by atoms with Crippen LogP contribution >= 0.6 is 0 Å². The molecule has 0 fully saturated rings. The molecule has 0 aliphatic carbocycles. The second-order valence-corrected chi connectivity index (χ2v) is 7.82. The average molecular weight is 467 g/mol. The first-order valence-corrected chi connectivity index (χ1v) is 10.3. The highest BCUT2D eigenvalue weighted by Crippen LogP contribution is 2.50. The number of Topliss-reactive ketones (excluding diaryl/α,β-unsaturated/α-hetero) is 1. The molecule has 0 radical (unpaired) electrons. The Morgan fingerprint density at radius 1 is 1.00 bits per heavy atom. The fourth-order valence-electron chi connectivity index (χ4n) is 4.36. The molecule has 0 spiro atoms. The monoisotopic (exact) mass is 467 g/mol. The summed E-state index contributed by atoms with van der Waals surface area (Å²) in [5, 5.41) is 0. The van der Waals surface area contributed by atoms with Crippen LogP contribution in [0.2, 0.25) is 0 Å². The van der Waals surface area contributed by atoms with Gasteiger partial charge in [-0.15, -0.1) is 0 Å². The van der Waals surface area contributed by atoms with Crippen molar-refractivity contribution in [2.24, 2.45) is 0 Å². The van der Waals surface area contributed by atoms with Crippen molar-refractivity contribution >= 4 is 29.0 Å². The molecule has 5 rings (SSSR count). The zero-order chi connectivity index (χ0) is 24.2. The van der Waals surface area contributed by atoms with Crippen molar-refractivity contribution in [3.63, 3.8) is 0 Å². The summed E-state index contributed by atoms with van der Waals surface area (Å²) in [6.45, 7) is 0. The summed E-state index contributed by atoms with van der Waals surface area (Å²) in [6.07, 6.45) is -5.63. The number of alkyl halides is 3. The maximum atomic E-state index is 13.1. The van der Waals surface area contributed by atoms with Gasteiger partial charge in [-0.3, -0.25) is 19.3 Å². The van der Waals surface area contributed by atoms with Crippen LogP contribution in [0.25, 0.3) is 11.1 Å². The number of esters is 1. The van der Waals surface area contributed by atoms with Crippen LogP contribution < -0.4 is 9.64 Å². The van der Waals surface area contributed by atoms with Crippen molar-refractivity contribution in [3.05, 3.63) is 77.4 Å². The molecule has 1 amide bonds. The van der Waals surface area contributed by atoms with E-state index in [1.165, 1.54) is 7.11 Å². The number of hydrogen-bond donors (Lipinski definition) is 0. The summed E-state index contributed by atoms with van der Waals surface area (Å²) in [4.78, 5) is 39.3. The number of nitrogens with zero attached hydrogens (tertiary/aromatic N) is 1. The van der Waals surface area contributed by atoms with E-state index in [1.807, 2.05) is 0 Å². The van der Waals surface area contributed by atoms with Crippen LogP contribution in [0.1, 0.15) is 34.0 Å². The minimum absolute atomic E-state index is 0.0609. The van der Waals surface area contributed by atoms with Gasteiger partial charge < -0.3 is 9.47 Å². The molecule has 6 nitrogen and oxygen atoms in total. The molecular weight excluding hydrogens is 451 g/mol. The smallest absolute Gasteiger partial charge is 0.416 e. The van der Waals surface area contributed by atoms with Gasteiger partial charge in [0.1, 0.15) is 11.9 Å². The van der Waals surface area contributed by atoms with Gasteiger partial charge in [-0.25, -0.2) is 0 Å². The predicted octanol–water partition coefficient (Wildman–Crippen LogP) is 5.23. The van der Waals surface area contributed by atoms with Crippen LogP contribution in [0.4, 0.5) is 24.5 Å². The maximum Gasteiger partial charge on any atom is 0.416 e. The topological polar surface area (TPSA) is 72.9 Å². The molecule has 0 N–H and O–H groups in total. The van der Waals surface area contributed by atoms with E-state index in [9.17, 15) is 27.6 Å². The molecule has 0 saturated heterocycles. The van der Waals surface area contributed by atoms with E-state index in [0.29, 0.717) is 22.4 Å². The lowest BCUT2D eigenvalue weighted by atomic mass is 9.86. The Morgan fingerprint density at radius 3 is 2.38 bits per heavy atom. The first-order valence-electron chi connectivity index (χ1n) is 10.3. The molecule has 0 aromatic heterocycles. The van der Waals surface area contributed by atoms with Gasteiger partial charge in [0.05, 0.1) is 30.3 Å². The number of ether oxygens (including phenoxy) is 2. The number of fused-ring (bicyclic) bond motifs is 5. The lowest BCUT2D eigenvalue weighted by molar-refractivity contribution is -0.142. The molecule has 2 aliphatic rings. The number of ketones is 1. The van der Waals surface area contributed by atoms with E-state index in [1.54, 1.807) is 36.4 Å². The van der Waals surface area contributed by atoms with E-state index in [0.717, 1.165) is 29.2 Å². The van der Waals surface area contributed by atoms with Gasteiger partial charge in [0, 0.05) is 16.8 Å². The zero-order valence-electron chi connectivity index (χ0n) is 17.7. The molecule has 3 aromatic carbocycles. The van der Waals surface area contributed by atoms with Gasteiger partial charge in [0.25, 0.3) is 5.78 Å². The van der Waals surface area contributed by atoms with Crippen LogP contribution in [0, 0.1) is 0 Å². The third-order valence-corrected chi connectivity index (χ3v) is 5.89. The van der Waals surface area contributed by atoms with Crippen LogP contribution in [-0.2, 0) is 20.5 Å². The molecule has 2 aliphatic heterocycles. The number of anilines is 2. The van der Waals surface area contributed by atoms with Crippen LogP contribution in [0.15, 0.2) is 60.7 Å². The molecule has 9 heteroatoms. The summed E-state index contributed by atoms with van der Waals surface area (Å²) in [5.74, 6) is -1.78. The number of benzene rings is 3. The van der Waals surface area contributed by atoms with Gasteiger partial charge in [0.15, 0.2) is 0 Å². The largest absolute Gasteiger partial charge is 0.484 e. The second kappa shape index (κ2) is 7.72. The number of carbonyl (C=O) groups excluding carboxylic acids is 3. The van der Waals surface area contributed by atoms with Gasteiger partial charge in [0.2, 0.25) is 0 Å².